The van der Waals surface area contributed by atoms with Crippen LogP contribution in [0.2, 0.25) is 0 Å². The van der Waals surface area contributed by atoms with Crippen LogP contribution < -0.4 is 4.74 Å². The lowest BCUT2D eigenvalue weighted by Crippen LogP contribution is -2.37. The fraction of sp³-hybridized carbons (Fsp3) is 0.500. The molecule has 1 aromatic rings. The molecule has 0 bridgehead atoms. The van der Waals surface area contributed by atoms with Crippen LogP contribution in [0.25, 0.3) is 0 Å². The fourth-order valence-corrected chi connectivity index (χ4v) is 2.75. The molecule has 0 aliphatic heterocycles. The van der Waals surface area contributed by atoms with Gasteiger partial charge in [0.2, 0.25) is 10.0 Å². The van der Waals surface area contributed by atoms with Crippen molar-refractivity contribution in [2.75, 3.05) is 20.3 Å². The Morgan fingerprint density at radius 3 is 2.33 bits per heavy atom. The van der Waals surface area contributed by atoms with Crippen molar-refractivity contribution in [2.45, 2.75) is 24.8 Å². The number of nitrogens with zero attached hydrogens (tertiary/aromatic N) is 1. The first-order valence-corrected chi connectivity index (χ1v) is 7.19. The van der Waals surface area contributed by atoms with Gasteiger partial charge >= 0.3 is 0 Å². The minimum atomic E-state index is -3.56. The van der Waals surface area contributed by atoms with Gasteiger partial charge < -0.3 is 9.84 Å². The number of likely N-dealkylation sites (N-methyl/N-ethyl adjacent to an activating group) is 1. The van der Waals surface area contributed by atoms with Gasteiger partial charge in [0.25, 0.3) is 0 Å². The van der Waals surface area contributed by atoms with Crippen molar-refractivity contribution in [3.05, 3.63) is 24.3 Å². The number of ether oxygens (including phenoxy) is 1. The molecule has 0 aliphatic rings. The molecular formula is C12H19NO4S. The second-order valence-electron chi connectivity index (χ2n) is 3.96. The molecule has 18 heavy (non-hydrogen) atoms. The fourth-order valence-electron chi connectivity index (χ4n) is 1.39. The monoisotopic (exact) mass is 273 g/mol. The number of hydrogen-bond acceptors (Lipinski definition) is 4. The van der Waals surface area contributed by atoms with Crippen LogP contribution in [-0.4, -0.2) is 44.1 Å². The lowest BCUT2D eigenvalue weighted by atomic mass is 10.3. The van der Waals surface area contributed by atoms with Crippen LogP contribution in [0.4, 0.5) is 0 Å². The van der Waals surface area contributed by atoms with E-state index >= 15 is 0 Å². The third-order valence-electron chi connectivity index (χ3n) is 2.70. The molecule has 1 aromatic carbocycles. The summed E-state index contributed by atoms with van der Waals surface area (Å²) in [7, 11) is -2.11. The van der Waals surface area contributed by atoms with Gasteiger partial charge in [-0.25, -0.2) is 8.42 Å². The van der Waals surface area contributed by atoms with E-state index in [4.69, 9.17) is 9.84 Å². The summed E-state index contributed by atoms with van der Waals surface area (Å²) in [6, 6.07) is 5.78. The van der Waals surface area contributed by atoms with Gasteiger partial charge in [-0.1, -0.05) is 0 Å². The van der Waals surface area contributed by atoms with Crippen molar-refractivity contribution >= 4 is 10.0 Å². The Hall–Kier alpha value is -1.11. The van der Waals surface area contributed by atoms with Gasteiger partial charge in [0, 0.05) is 13.1 Å². The summed E-state index contributed by atoms with van der Waals surface area (Å²) in [4.78, 5) is 0.189. The topological polar surface area (TPSA) is 66.8 Å². The summed E-state index contributed by atoms with van der Waals surface area (Å²) in [6.45, 7) is 3.83. The molecule has 1 N–H and O–H groups in total. The smallest absolute Gasteiger partial charge is 0.243 e. The number of aliphatic hydroxyl groups is 1. The van der Waals surface area contributed by atoms with Crippen LogP contribution in [0.3, 0.4) is 0 Å². The standard InChI is InChI=1S/C12H19NO4S/c1-4-17-11-5-7-12(8-6-11)18(15,16)13(3)10(2)9-14/h5-8,10,14H,4,9H2,1-3H3. The highest BCUT2D eigenvalue weighted by atomic mass is 32.2. The number of aliphatic hydroxyl groups excluding tert-OH is 1. The quantitative estimate of drug-likeness (QED) is 0.842. The molecular weight excluding hydrogens is 254 g/mol. The second kappa shape index (κ2) is 6.17. The normalized spacial score (nSPS) is 13.6. The second-order valence-corrected chi connectivity index (χ2v) is 5.95. The van der Waals surface area contributed by atoms with Gasteiger partial charge in [-0.05, 0) is 38.1 Å². The maximum atomic E-state index is 12.2. The molecule has 0 saturated carbocycles. The van der Waals surface area contributed by atoms with E-state index in [0.29, 0.717) is 12.4 Å². The van der Waals surface area contributed by atoms with Crippen LogP contribution >= 0.6 is 0 Å². The number of hydrogen-bond donors (Lipinski definition) is 1. The van der Waals surface area contributed by atoms with E-state index in [-0.39, 0.29) is 11.5 Å². The highest BCUT2D eigenvalue weighted by Gasteiger charge is 2.24. The van der Waals surface area contributed by atoms with Crippen LogP contribution in [0.5, 0.6) is 5.75 Å². The predicted octanol–water partition coefficient (Wildman–Crippen LogP) is 1.09. The van der Waals surface area contributed by atoms with Crippen molar-refractivity contribution in [3.63, 3.8) is 0 Å². The molecule has 102 valence electrons. The van der Waals surface area contributed by atoms with Crippen LogP contribution in [-0.2, 0) is 10.0 Å². The van der Waals surface area contributed by atoms with Gasteiger partial charge in [0.1, 0.15) is 5.75 Å². The van der Waals surface area contributed by atoms with Crippen molar-refractivity contribution in [3.8, 4) is 5.75 Å². The zero-order valence-corrected chi connectivity index (χ0v) is 11.6. The summed E-state index contributed by atoms with van der Waals surface area (Å²) < 4.78 is 30.8. The average Bonchev–Trinajstić information content (AvgIpc) is 2.38. The molecule has 0 aliphatic carbocycles. The van der Waals surface area contributed by atoms with Crippen molar-refractivity contribution in [1.29, 1.82) is 0 Å². The van der Waals surface area contributed by atoms with Crippen molar-refractivity contribution in [1.82, 2.24) is 4.31 Å². The Bertz CT molecular complexity index is 469. The SMILES string of the molecule is CCOc1ccc(S(=O)(=O)N(C)C(C)CO)cc1. The van der Waals surface area contributed by atoms with E-state index in [2.05, 4.69) is 0 Å². The minimum Gasteiger partial charge on any atom is -0.494 e. The third-order valence-corrected chi connectivity index (χ3v) is 4.68. The maximum Gasteiger partial charge on any atom is 0.243 e. The molecule has 1 atom stereocenters. The molecule has 0 heterocycles. The molecule has 0 saturated heterocycles. The Kier molecular flexibility index (Phi) is 5.13. The van der Waals surface area contributed by atoms with E-state index in [1.807, 2.05) is 6.92 Å². The largest absolute Gasteiger partial charge is 0.494 e. The maximum absolute atomic E-state index is 12.2. The summed E-state index contributed by atoms with van der Waals surface area (Å²) in [5.41, 5.74) is 0. The molecule has 0 spiro atoms. The molecule has 1 rings (SSSR count). The number of sulfonamides is 1. The van der Waals surface area contributed by atoms with Crippen LogP contribution in [0.1, 0.15) is 13.8 Å². The molecule has 1 unspecified atom stereocenters. The summed E-state index contributed by atoms with van der Waals surface area (Å²) >= 11 is 0. The predicted molar refractivity (Wildman–Crippen MR) is 69.1 cm³/mol. The molecule has 0 amide bonds. The lowest BCUT2D eigenvalue weighted by Gasteiger charge is -2.22. The number of rotatable bonds is 6. The minimum absolute atomic E-state index is 0.189. The molecule has 0 aromatic heterocycles. The first kappa shape index (κ1) is 14.9. The summed E-state index contributed by atoms with van der Waals surface area (Å²) in [5.74, 6) is 0.634. The molecule has 6 heteroatoms. The molecule has 5 nitrogen and oxygen atoms in total. The summed E-state index contributed by atoms with van der Waals surface area (Å²) in [5, 5.41) is 9.00. The zero-order valence-electron chi connectivity index (χ0n) is 10.8. The Morgan fingerprint density at radius 1 is 1.33 bits per heavy atom. The summed E-state index contributed by atoms with van der Waals surface area (Å²) in [6.07, 6.45) is 0. The number of benzene rings is 1. The van der Waals surface area contributed by atoms with E-state index in [1.54, 1.807) is 19.1 Å². The van der Waals surface area contributed by atoms with E-state index in [9.17, 15) is 8.42 Å². The lowest BCUT2D eigenvalue weighted by molar-refractivity contribution is 0.214. The first-order valence-electron chi connectivity index (χ1n) is 5.75. The van der Waals surface area contributed by atoms with Crippen molar-refractivity contribution < 1.29 is 18.3 Å². The van der Waals surface area contributed by atoms with E-state index < -0.39 is 16.1 Å². The van der Waals surface area contributed by atoms with Gasteiger partial charge in [-0.3, -0.25) is 0 Å². The van der Waals surface area contributed by atoms with Crippen molar-refractivity contribution in [2.24, 2.45) is 0 Å². The average molecular weight is 273 g/mol. The van der Waals surface area contributed by atoms with E-state index in [0.717, 1.165) is 4.31 Å². The Labute approximate surface area is 108 Å². The zero-order chi connectivity index (χ0) is 13.8. The van der Waals surface area contributed by atoms with Gasteiger partial charge in [-0.2, -0.15) is 4.31 Å². The highest BCUT2D eigenvalue weighted by molar-refractivity contribution is 7.89. The first-order chi connectivity index (χ1) is 8.43. The molecule has 0 fully saturated rings. The highest BCUT2D eigenvalue weighted by Crippen LogP contribution is 2.20. The third kappa shape index (κ3) is 3.22. The van der Waals surface area contributed by atoms with Crippen LogP contribution in [0, 0.1) is 0 Å². The van der Waals surface area contributed by atoms with Gasteiger partial charge in [-0.15, -0.1) is 0 Å². The Balaban J connectivity index is 2.98. The van der Waals surface area contributed by atoms with Gasteiger partial charge in [0.15, 0.2) is 0 Å². The van der Waals surface area contributed by atoms with Crippen LogP contribution in [0.15, 0.2) is 29.2 Å². The van der Waals surface area contributed by atoms with E-state index in [1.165, 1.54) is 19.2 Å². The Morgan fingerprint density at radius 2 is 1.89 bits per heavy atom. The van der Waals surface area contributed by atoms with Gasteiger partial charge in [0.05, 0.1) is 18.1 Å². The molecule has 0 radical (unpaired) electrons.